The van der Waals surface area contributed by atoms with Crippen LogP contribution in [0.1, 0.15) is 28.0 Å². The molecule has 4 rings (SSSR count). The van der Waals surface area contributed by atoms with Gasteiger partial charge in [-0.25, -0.2) is 8.78 Å². The van der Waals surface area contributed by atoms with Crippen molar-refractivity contribution in [2.45, 2.75) is 19.3 Å². The Labute approximate surface area is 147 Å². The molecule has 0 bridgehead atoms. The highest BCUT2D eigenvalue weighted by molar-refractivity contribution is 6.04. The fourth-order valence-corrected chi connectivity index (χ4v) is 3.69. The van der Waals surface area contributed by atoms with Crippen LogP contribution < -0.4 is 0 Å². The van der Waals surface area contributed by atoms with Crippen LogP contribution in [0, 0.1) is 17.6 Å². The number of hydrogen-bond donors (Lipinski definition) is 1. The maximum absolute atomic E-state index is 13.8. The minimum Gasteiger partial charge on any atom is -0.481 e. The number of nitrogens with zero attached hydrogens (tertiary/aromatic N) is 1. The van der Waals surface area contributed by atoms with E-state index in [1.54, 1.807) is 0 Å². The van der Waals surface area contributed by atoms with Crippen LogP contribution in [0.25, 0.3) is 10.9 Å². The molecule has 0 spiro atoms. The van der Waals surface area contributed by atoms with E-state index in [1.807, 2.05) is 0 Å². The molecule has 0 amide bonds. The van der Waals surface area contributed by atoms with E-state index in [2.05, 4.69) is 0 Å². The van der Waals surface area contributed by atoms with Crippen molar-refractivity contribution in [2.75, 3.05) is 0 Å². The minimum absolute atomic E-state index is 0.258. The zero-order chi connectivity index (χ0) is 18.4. The Hall–Kier alpha value is -3.02. The van der Waals surface area contributed by atoms with Crippen LogP contribution in [-0.2, 0) is 17.6 Å². The Balaban J connectivity index is 1.91. The highest BCUT2D eigenvalue weighted by Crippen LogP contribution is 2.35. The lowest BCUT2D eigenvalue weighted by molar-refractivity contribution is -0.142. The van der Waals surface area contributed by atoms with E-state index in [0.29, 0.717) is 40.6 Å². The largest absolute Gasteiger partial charge is 0.481 e. The fraction of sp³-hybridized carbons (Fsp3) is 0.200. The molecule has 1 aromatic heterocycles. The molecule has 0 saturated carbocycles. The number of hydrogen-bond acceptors (Lipinski definition) is 2. The van der Waals surface area contributed by atoms with Gasteiger partial charge in [0.1, 0.15) is 11.6 Å². The van der Waals surface area contributed by atoms with Crippen LogP contribution in [0.3, 0.4) is 0 Å². The molecule has 132 valence electrons. The summed E-state index contributed by atoms with van der Waals surface area (Å²) < 4.78 is 28.5. The first-order valence-corrected chi connectivity index (χ1v) is 8.30. The van der Waals surface area contributed by atoms with Gasteiger partial charge < -0.3 is 5.11 Å². The van der Waals surface area contributed by atoms with Crippen LogP contribution >= 0.6 is 0 Å². The standard InChI is InChI=1S/C20H15F2NO3/c21-13-4-1-11(2-5-13)19(24)23-17-7-3-12(20(25)26)9-15(17)16-10-14(22)6-8-18(16)23/h1-2,4-6,8,10,12H,3,7,9H2,(H,25,26). The predicted molar refractivity (Wildman–Crippen MR) is 91.2 cm³/mol. The molecule has 1 heterocycles. The lowest BCUT2D eigenvalue weighted by atomic mass is 9.86. The maximum atomic E-state index is 13.8. The van der Waals surface area contributed by atoms with E-state index in [1.165, 1.54) is 47.0 Å². The number of carboxylic acids is 1. The van der Waals surface area contributed by atoms with Gasteiger partial charge in [0.2, 0.25) is 0 Å². The molecule has 1 N–H and O–H groups in total. The molecule has 6 heteroatoms. The highest BCUT2D eigenvalue weighted by Gasteiger charge is 2.31. The van der Waals surface area contributed by atoms with Crippen LogP contribution in [0.15, 0.2) is 42.5 Å². The van der Waals surface area contributed by atoms with Crippen molar-refractivity contribution in [3.63, 3.8) is 0 Å². The van der Waals surface area contributed by atoms with Gasteiger partial charge in [-0.2, -0.15) is 0 Å². The van der Waals surface area contributed by atoms with Crippen molar-refractivity contribution in [1.82, 2.24) is 4.57 Å². The van der Waals surface area contributed by atoms with Crippen LogP contribution in [0.2, 0.25) is 0 Å². The van der Waals surface area contributed by atoms with E-state index >= 15 is 0 Å². The lowest BCUT2D eigenvalue weighted by Crippen LogP contribution is -2.24. The van der Waals surface area contributed by atoms with Gasteiger partial charge in [0, 0.05) is 16.6 Å². The van der Waals surface area contributed by atoms with Gasteiger partial charge in [-0.15, -0.1) is 0 Å². The molecule has 2 aromatic carbocycles. The first kappa shape index (κ1) is 16.4. The van der Waals surface area contributed by atoms with Crippen molar-refractivity contribution in [3.8, 4) is 0 Å². The van der Waals surface area contributed by atoms with E-state index in [4.69, 9.17) is 0 Å². The van der Waals surface area contributed by atoms with Crippen LogP contribution in [-0.4, -0.2) is 21.6 Å². The molecule has 3 aromatic rings. The van der Waals surface area contributed by atoms with E-state index in [-0.39, 0.29) is 12.3 Å². The number of aromatic nitrogens is 1. The Morgan fingerprint density at radius 3 is 2.42 bits per heavy atom. The summed E-state index contributed by atoms with van der Waals surface area (Å²) in [6, 6.07) is 9.38. The van der Waals surface area contributed by atoms with Crippen molar-refractivity contribution < 1.29 is 23.5 Å². The molecule has 0 aliphatic heterocycles. The van der Waals surface area contributed by atoms with Gasteiger partial charge in [-0.3, -0.25) is 14.2 Å². The molecule has 1 unspecified atom stereocenters. The van der Waals surface area contributed by atoms with E-state index in [0.717, 1.165) is 0 Å². The monoisotopic (exact) mass is 355 g/mol. The zero-order valence-electron chi connectivity index (χ0n) is 13.7. The summed E-state index contributed by atoms with van der Waals surface area (Å²) in [4.78, 5) is 24.4. The number of carbonyl (C=O) groups excluding carboxylic acids is 1. The van der Waals surface area contributed by atoms with Gasteiger partial charge in [0.15, 0.2) is 0 Å². The van der Waals surface area contributed by atoms with Crippen LogP contribution in [0.5, 0.6) is 0 Å². The molecule has 0 radical (unpaired) electrons. The summed E-state index contributed by atoms with van der Waals surface area (Å²) in [6.07, 6.45) is 1.09. The molecule has 26 heavy (non-hydrogen) atoms. The Morgan fingerprint density at radius 2 is 1.73 bits per heavy atom. The number of carboxylic acid groups (broad SMARTS) is 1. The summed E-state index contributed by atoms with van der Waals surface area (Å²) in [7, 11) is 0. The number of fused-ring (bicyclic) bond motifs is 3. The highest BCUT2D eigenvalue weighted by atomic mass is 19.1. The van der Waals surface area contributed by atoms with Crippen molar-refractivity contribution in [3.05, 3.63) is 70.9 Å². The van der Waals surface area contributed by atoms with Gasteiger partial charge in [-0.05, 0) is 67.3 Å². The summed E-state index contributed by atoms with van der Waals surface area (Å²) >= 11 is 0. The molecular weight excluding hydrogens is 340 g/mol. The van der Waals surface area contributed by atoms with Crippen molar-refractivity contribution in [1.29, 1.82) is 0 Å². The topological polar surface area (TPSA) is 59.3 Å². The average molecular weight is 355 g/mol. The predicted octanol–water partition coefficient (Wildman–Crippen LogP) is 3.80. The fourth-order valence-electron chi connectivity index (χ4n) is 3.69. The summed E-state index contributed by atoms with van der Waals surface area (Å²) in [5.41, 5.74) is 2.26. The normalized spacial score (nSPS) is 16.5. The number of carbonyl (C=O) groups is 2. The molecule has 1 atom stereocenters. The van der Waals surface area contributed by atoms with Gasteiger partial charge in [-0.1, -0.05) is 0 Å². The molecule has 1 aliphatic rings. The third kappa shape index (κ3) is 2.58. The second-order valence-electron chi connectivity index (χ2n) is 6.51. The Kier molecular flexibility index (Phi) is 3.83. The number of halogens is 2. The Morgan fingerprint density at radius 1 is 1.04 bits per heavy atom. The molecule has 0 fully saturated rings. The van der Waals surface area contributed by atoms with Gasteiger partial charge in [0.25, 0.3) is 5.91 Å². The van der Waals surface area contributed by atoms with E-state index in [9.17, 15) is 23.5 Å². The summed E-state index contributed by atoms with van der Waals surface area (Å²) in [6.45, 7) is 0. The zero-order valence-corrected chi connectivity index (χ0v) is 13.7. The van der Waals surface area contributed by atoms with E-state index < -0.39 is 23.5 Å². The Bertz CT molecular complexity index is 1040. The average Bonchev–Trinajstić information content (AvgIpc) is 2.94. The van der Waals surface area contributed by atoms with Gasteiger partial charge in [0.05, 0.1) is 11.4 Å². The molecule has 1 aliphatic carbocycles. The summed E-state index contributed by atoms with van der Waals surface area (Å²) in [5, 5.41) is 9.88. The van der Waals surface area contributed by atoms with Crippen molar-refractivity contribution in [2.24, 2.45) is 5.92 Å². The summed E-state index contributed by atoms with van der Waals surface area (Å²) in [5.74, 6) is -2.66. The number of aliphatic carboxylic acids is 1. The van der Waals surface area contributed by atoms with Gasteiger partial charge >= 0.3 is 5.97 Å². The minimum atomic E-state index is -0.891. The molecular formula is C20H15F2NO3. The number of benzene rings is 2. The molecule has 4 nitrogen and oxygen atoms in total. The number of rotatable bonds is 2. The quantitative estimate of drug-likeness (QED) is 0.761. The first-order valence-electron chi connectivity index (χ1n) is 8.30. The maximum Gasteiger partial charge on any atom is 0.306 e. The van der Waals surface area contributed by atoms with Crippen LogP contribution in [0.4, 0.5) is 8.78 Å². The van der Waals surface area contributed by atoms with Crippen molar-refractivity contribution >= 4 is 22.8 Å². The molecule has 0 saturated heterocycles. The third-order valence-electron chi connectivity index (χ3n) is 4.97. The third-order valence-corrected chi connectivity index (χ3v) is 4.97. The second-order valence-corrected chi connectivity index (χ2v) is 6.51. The smallest absolute Gasteiger partial charge is 0.306 e. The SMILES string of the molecule is O=C(O)C1CCc2c(c3cc(F)ccc3n2C(=O)c2ccc(F)cc2)C1. The lowest BCUT2D eigenvalue weighted by Gasteiger charge is -2.20. The second kappa shape index (κ2) is 6.05. The first-order chi connectivity index (χ1) is 12.5.